The van der Waals surface area contributed by atoms with Gasteiger partial charge in [0, 0.05) is 12.6 Å². The molecule has 3 heteroatoms. The second-order valence-corrected chi connectivity index (χ2v) is 5.65. The van der Waals surface area contributed by atoms with Gasteiger partial charge in [0.2, 0.25) is 0 Å². The van der Waals surface area contributed by atoms with Crippen molar-refractivity contribution < 1.29 is 10.2 Å². The van der Waals surface area contributed by atoms with Crippen molar-refractivity contribution in [3.05, 3.63) is 65.7 Å². The SMILES string of the molecule is CCC(CCc1ccc(O)cc1)NCC(O)c1ccccc1. The Bertz CT molecular complexity index is 539. The van der Waals surface area contributed by atoms with Crippen LogP contribution < -0.4 is 5.32 Å². The van der Waals surface area contributed by atoms with Gasteiger partial charge in [0.05, 0.1) is 6.10 Å². The second-order valence-electron chi connectivity index (χ2n) is 5.65. The lowest BCUT2D eigenvalue weighted by Crippen LogP contribution is -2.32. The fraction of sp³-hybridized carbons (Fsp3) is 0.368. The van der Waals surface area contributed by atoms with Crippen LogP contribution in [0, 0.1) is 0 Å². The van der Waals surface area contributed by atoms with Crippen molar-refractivity contribution in [3.63, 3.8) is 0 Å². The van der Waals surface area contributed by atoms with Gasteiger partial charge in [0.25, 0.3) is 0 Å². The number of aryl methyl sites for hydroxylation is 1. The minimum atomic E-state index is -0.469. The number of aliphatic hydroxyl groups excluding tert-OH is 1. The molecule has 0 heterocycles. The van der Waals surface area contributed by atoms with E-state index in [0.29, 0.717) is 18.3 Å². The van der Waals surface area contributed by atoms with Crippen LogP contribution >= 0.6 is 0 Å². The highest BCUT2D eigenvalue weighted by Crippen LogP contribution is 2.14. The maximum absolute atomic E-state index is 10.2. The topological polar surface area (TPSA) is 52.5 Å². The number of phenolic OH excluding ortho intramolecular Hbond substituents is 1. The molecule has 0 amide bonds. The molecule has 0 aliphatic heterocycles. The normalized spacial score (nSPS) is 13.7. The van der Waals surface area contributed by atoms with Crippen molar-refractivity contribution in [1.29, 1.82) is 0 Å². The molecule has 0 radical (unpaired) electrons. The van der Waals surface area contributed by atoms with Crippen LogP contribution in [0.2, 0.25) is 0 Å². The van der Waals surface area contributed by atoms with E-state index in [4.69, 9.17) is 0 Å². The van der Waals surface area contributed by atoms with Crippen LogP contribution in [0.3, 0.4) is 0 Å². The fourth-order valence-corrected chi connectivity index (χ4v) is 2.53. The molecule has 2 aromatic rings. The van der Waals surface area contributed by atoms with Gasteiger partial charge in [-0.05, 0) is 42.5 Å². The summed E-state index contributed by atoms with van der Waals surface area (Å²) in [6, 6.07) is 17.5. The average molecular weight is 299 g/mol. The number of phenols is 1. The van der Waals surface area contributed by atoms with E-state index in [1.807, 2.05) is 42.5 Å². The molecule has 0 saturated carbocycles. The van der Waals surface area contributed by atoms with Crippen LogP contribution in [0.15, 0.2) is 54.6 Å². The molecule has 118 valence electrons. The minimum Gasteiger partial charge on any atom is -0.508 e. The van der Waals surface area contributed by atoms with Gasteiger partial charge >= 0.3 is 0 Å². The Hall–Kier alpha value is -1.84. The Morgan fingerprint density at radius 2 is 1.68 bits per heavy atom. The summed E-state index contributed by atoms with van der Waals surface area (Å²) in [7, 11) is 0. The van der Waals surface area contributed by atoms with Gasteiger partial charge in [0.1, 0.15) is 5.75 Å². The standard InChI is InChI=1S/C19H25NO2/c1-2-17(11-8-15-9-12-18(21)13-10-15)20-14-19(22)16-6-4-3-5-7-16/h3-7,9-10,12-13,17,19-22H,2,8,11,14H2,1H3. The van der Waals surface area contributed by atoms with E-state index >= 15 is 0 Å². The summed E-state index contributed by atoms with van der Waals surface area (Å²) in [5.41, 5.74) is 2.17. The lowest BCUT2D eigenvalue weighted by atomic mass is 10.0. The molecule has 2 atom stereocenters. The van der Waals surface area contributed by atoms with Gasteiger partial charge in [-0.2, -0.15) is 0 Å². The highest BCUT2D eigenvalue weighted by atomic mass is 16.3. The maximum Gasteiger partial charge on any atom is 0.115 e. The lowest BCUT2D eigenvalue weighted by Gasteiger charge is -2.20. The zero-order chi connectivity index (χ0) is 15.8. The van der Waals surface area contributed by atoms with Gasteiger partial charge in [-0.1, -0.05) is 49.4 Å². The first kappa shape index (κ1) is 16.5. The number of nitrogens with one attached hydrogen (secondary N) is 1. The Morgan fingerprint density at radius 1 is 1.00 bits per heavy atom. The Morgan fingerprint density at radius 3 is 2.32 bits per heavy atom. The predicted octanol–water partition coefficient (Wildman–Crippen LogP) is 3.43. The van der Waals surface area contributed by atoms with E-state index in [0.717, 1.165) is 24.8 Å². The molecule has 3 N–H and O–H groups in total. The first-order chi connectivity index (χ1) is 10.7. The van der Waals surface area contributed by atoms with Crippen LogP contribution in [-0.4, -0.2) is 22.8 Å². The molecular formula is C19H25NO2. The monoisotopic (exact) mass is 299 g/mol. The van der Waals surface area contributed by atoms with Crippen molar-refractivity contribution in [2.45, 2.75) is 38.3 Å². The smallest absolute Gasteiger partial charge is 0.115 e. The van der Waals surface area contributed by atoms with Gasteiger partial charge < -0.3 is 15.5 Å². The van der Waals surface area contributed by atoms with E-state index in [2.05, 4.69) is 12.2 Å². The number of aliphatic hydroxyl groups is 1. The lowest BCUT2D eigenvalue weighted by molar-refractivity contribution is 0.168. The molecule has 0 saturated heterocycles. The maximum atomic E-state index is 10.2. The summed E-state index contributed by atoms with van der Waals surface area (Å²) in [4.78, 5) is 0. The Balaban J connectivity index is 1.78. The van der Waals surface area contributed by atoms with Gasteiger partial charge in [-0.25, -0.2) is 0 Å². The van der Waals surface area contributed by atoms with Crippen LogP contribution in [-0.2, 0) is 6.42 Å². The molecule has 0 bridgehead atoms. The third-order valence-corrected chi connectivity index (χ3v) is 3.99. The van der Waals surface area contributed by atoms with E-state index in [1.54, 1.807) is 12.1 Å². The van der Waals surface area contributed by atoms with Crippen molar-refractivity contribution in [1.82, 2.24) is 5.32 Å². The Labute approximate surface area is 132 Å². The predicted molar refractivity (Wildman–Crippen MR) is 89.9 cm³/mol. The summed E-state index contributed by atoms with van der Waals surface area (Å²) in [6.07, 6.45) is 2.54. The van der Waals surface area contributed by atoms with Crippen LogP contribution in [0.1, 0.15) is 37.0 Å². The summed E-state index contributed by atoms with van der Waals surface area (Å²) in [6.45, 7) is 2.72. The number of hydrogen-bond donors (Lipinski definition) is 3. The van der Waals surface area contributed by atoms with Crippen LogP contribution in [0.5, 0.6) is 5.75 Å². The van der Waals surface area contributed by atoms with Crippen LogP contribution in [0.25, 0.3) is 0 Å². The van der Waals surface area contributed by atoms with Gasteiger partial charge in [-0.3, -0.25) is 0 Å². The third kappa shape index (κ3) is 5.17. The molecule has 0 aliphatic rings. The molecule has 0 aliphatic carbocycles. The van der Waals surface area contributed by atoms with Crippen molar-refractivity contribution in [3.8, 4) is 5.75 Å². The molecule has 2 rings (SSSR count). The molecule has 0 spiro atoms. The zero-order valence-corrected chi connectivity index (χ0v) is 13.1. The van der Waals surface area contributed by atoms with Crippen molar-refractivity contribution in [2.75, 3.05) is 6.54 Å². The van der Waals surface area contributed by atoms with E-state index in [-0.39, 0.29) is 0 Å². The van der Waals surface area contributed by atoms with E-state index in [1.165, 1.54) is 5.56 Å². The largest absolute Gasteiger partial charge is 0.508 e. The van der Waals surface area contributed by atoms with E-state index < -0.39 is 6.10 Å². The van der Waals surface area contributed by atoms with Crippen LogP contribution in [0.4, 0.5) is 0 Å². The summed E-state index contributed by atoms with van der Waals surface area (Å²) >= 11 is 0. The van der Waals surface area contributed by atoms with E-state index in [9.17, 15) is 10.2 Å². The first-order valence-electron chi connectivity index (χ1n) is 7.93. The molecule has 2 unspecified atom stereocenters. The van der Waals surface area contributed by atoms with Crippen molar-refractivity contribution in [2.24, 2.45) is 0 Å². The van der Waals surface area contributed by atoms with Gasteiger partial charge in [0.15, 0.2) is 0 Å². The minimum absolute atomic E-state index is 0.305. The first-order valence-corrected chi connectivity index (χ1v) is 7.93. The number of aromatic hydroxyl groups is 1. The van der Waals surface area contributed by atoms with Gasteiger partial charge in [-0.15, -0.1) is 0 Å². The summed E-state index contributed by atoms with van der Waals surface area (Å²) < 4.78 is 0. The zero-order valence-electron chi connectivity index (χ0n) is 13.1. The molecule has 22 heavy (non-hydrogen) atoms. The summed E-state index contributed by atoms with van der Waals surface area (Å²) in [5.74, 6) is 0.305. The average Bonchev–Trinajstić information content (AvgIpc) is 2.57. The quantitative estimate of drug-likeness (QED) is 0.700. The number of hydrogen-bond acceptors (Lipinski definition) is 3. The third-order valence-electron chi connectivity index (χ3n) is 3.99. The highest BCUT2D eigenvalue weighted by Gasteiger charge is 2.11. The molecule has 0 fully saturated rings. The molecule has 0 aromatic heterocycles. The fourth-order valence-electron chi connectivity index (χ4n) is 2.53. The number of benzene rings is 2. The molecule has 3 nitrogen and oxygen atoms in total. The van der Waals surface area contributed by atoms with Crippen molar-refractivity contribution >= 4 is 0 Å². The molecule has 2 aromatic carbocycles. The summed E-state index contributed by atoms with van der Waals surface area (Å²) in [5, 5.41) is 22.9. The number of rotatable bonds is 8. The Kier molecular flexibility index (Phi) is 6.44. The highest BCUT2D eigenvalue weighted by molar-refractivity contribution is 5.26. The molecular weight excluding hydrogens is 274 g/mol. The second kappa shape index (κ2) is 8.57.